The summed E-state index contributed by atoms with van der Waals surface area (Å²) in [6.45, 7) is 0. The predicted molar refractivity (Wildman–Crippen MR) is 4.99 cm³/mol. The van der Waals surface area contributed by atoms with Crippen molar-refractivity contribution in [2.45, 2.75) is 0 Å². The largest absolute Gasteiger partial charge is 0 e. The molecule has 0 radical (unpaired) electrons. The second-order valence-corrected chi connectivity index (χ2v) is 0.493. The van der Waals surface area contributed by atoms with E-state index in [2.05, 4.69) is 0 Å². The molecule has 3 nitrogen and oxygen atoms in total. The number of hydrogen-bond donors (Lipinski definition) is 0. The predicted octanol–water partition coefficient (Wildman–Crippen LogP) is -1.07. The van der Waals surface area contributed by atoms with Crippen LogP contribution < -0.4 is 0 Å². The second-order valence-electron chi connectivity index (χ2n) is 0.0833. The van der Waals surface area contributed by atoms with Gasteiger partial charge in [-0.05, 0) is 0 Å². The quantitative estimate of drug-likeness (QED) is 0.534. The average molecular weight is 232 g/mol. The van der Waals surface area contributed by atoms with E-state index in [0.717, 1.165) is 0 Å². The average Bonchev–Trinajstić information content (AvgIpc) is 0.918. The van der Waals surface area contributed by atoms with Gasteiger partial charge in [-0.1, -0.05) is 0 Å². The molecule has 0 spiro atoms. The maximum Gasteiger partial charge on any atom is 0 e. The van der Waals surface area contributed by atoms with Crippen molar-refractivity contribution in [3.8, 4) is 0 Å². The third-order valence-corrected chi connectivity index (χ3v) is 0. The minimum absolute atomic E-state index is 0. The molecule has 0 aliphatic carbocycles. The molecule has 0 aromatic rings. The smallest absolute Gasteiger partial charge is 0 e. The van der Waals surface area contributed by atoms with Crippen LogP contribution in [-0.4, -0.2) is 5.48 Å². The van der Waals surface area contributed by atoms with E-state index in [1.165, 1.54) is 0 Å². The first-order valence-electron chi connectivity index (χ1n) is 0.408. The summed E-state index contributed by atoms with van der Waals surface area (Å²) in [6, 6.07) is 0. The van der Waals surface area contributed by atoms with Crippen LogP contribution in [0.25, 0.3) is 0 Å². The molecule has 5 heavy (non-hydrogen) atoms. The number of hydrogen-bond acceptors (Lipinski definition) is 2. The summed E-state index contributed by atoms with van der Waals surface area (Å²) in [6.07, 6.45) is 0. The normalized spacial score (nSPS) is 1.60. The monoisotopic (exact) mass is 230 g/mol. The zero-order valence-corrected chi connectivity index (χ0v) is 7.23. The van der Waals surface area contributed by atoms with Crippen LogP contribution in [0.1, 0.15) is 0 Å². The Morgan fingerprint density at radius 3 is 1.20 bits per heavy atom. The molecule has 0 fully saturated rings. The molecule has 0 aromatic carbocycles. The van der Waals surface area contributed by atoms with Crippen molar-refractivity contribution in [1.82, 2.24) is 0 Å². The molecule has 5 heteroatoms. The molecule has 0 amide bonds. The molecule has 0 aliphatic heterocycles. The fraction of sp³-hybridized carbons (Fsp3) is 0. The van der Waals surface area contributed by atoms with Gasteiger partial charge in [-0.2, -0.15) is 0 Å². The van der Waals surface area contributed by atoms with Crippen molar-refractivity contribution < 1.29 is 60.5 Å². The molecule has 0 unspecified atom stereocenters. The van der Waals surface area contributed by atoms with Gasteiger partial charge in [0.05, 0.1) is 0 Å². The first-order chi connectivity index (χ1) is 1.41. The van der Waals surface area contributed by atoms with Crippen LogP contribution in [0.2, 0.25) is 0 Å². The summed E-state index contributed by atoms with van der Waals surface area (Å²) < 4.78 is 17.1. The van der Waals surface area contributed by atoms with Crippen LogP contribution in [0.15, 0.2) is 0 Å². The molecule has 0 aliphatic rings. The van der Waals surface area contributed by atoms with E-state index < -0.39 is 23.2 Å². The van der Waals surface area contributed by atoms with Gasteiger partial charge in [0.15, 0.2) is 0 Å². The van der Waals surface area contributed by atoms with Gasteiger partial charge in [-0.3, -0.25) is 0 Å². The first kappa shape index (κ1) is 16.2. The second kappa shape index (κ2) is 18.4. The topological polar surface area (TPSA) is 65.6 Å². The van der Waals surface area contributed by atoms with Crippen molar-refractivity contribution in [1.29, 1.82) is 0 Å². The SMILES string of the molecule is O.[O]=[Zr]=[O].[Zr]. The summed E-state index contributed by atoms with van der Waals surface area (Å²) in [4.78, 5) is 0. The molecular weight excluding hydrogens is 230 g/mol. The van der Waals surface area contributed by atoms with Crippen LogP contribution >= 0.6 is 0 Å². The Morgan fingerprint density at radius 2 is 1.20 bits per heavy atom. The van der Waals surface area contributed by atoms with E-state index in [4.69, 9.17) is 5.63 Å². The van der Waals surface area contributed by atoms with Crippen molar-refractivity contribution in [3.05, 3.63) is 0 Å². The van der Waals surface area contributed by atoms with Gasteiger partial charge < -0.3 is 5.48 Å². The zero-order valence-electron chi connectivity index (χ0n) is 2.32. The van der Waals surface area contributed by atoms with Gasteiger partial charge in [-0.15, -0.1) is 0 Å². The maximum absolute atomic E-state index is 8.54. The molecule has 0 heterocycles. The molecular formula is H2O3Zr2. The van der Waals surface area contributed by atoms with Gasteiger partial charge >= 0.3 is 28.9 Å². The van der Waals surface area contributed by atoms with Crippen LogP contribution in [0, 0.1) is 0 Å². The van der Waals surface area contributed by atoms with Gasteiger partial charge in [0, 0.05) is 26.2 Å². The van der Waals surface area contributed by atoms with Crippen LogP contribution in [0.4, 0.5) is 0 Å². The Balaban J connectivity index is -0.0000000200. The van der Waals surface area contributed by atoms with Gasteiger partial charge in [0.25, 0.3) is 0 Å². The summed E-state index contributed by atoms with van der Waals surface area (Å²) >= 11 is -2.27. The summed E-state index contributed by atoms with van der Waals surface area (Å²) in [7, 11) is 0. The first-order valence-corrected chi connectivity index (χ1v) is 2.42. The van der Waals surface area contributed by atoms with Crippen molar-refractivity contribution in [3.63, 3.8) is 0 Å². The van der Waals surface area contributed by atoms with E-state index in [-0.39, 0.29) is 31.7 Å². The summed E-state index contributed by atoms with van der Waals surface area (Å²) in [5.41, 5.74) is 0. The van der Waals surface area contributed by atoms with Crippen LogP contribution in [0.3, 0.4) is 0 Å². The zero-order chi connectivity index (χ0) is 2.71. The summed E-state index contributed by atoms with van der Waals surface area (Å²) in [5, 5.41) is 0. The fourth-order valence-corrected chi connectivity index (χ4v) is 0. The van der Waals surface area contributed by atoms with E-state index >= 15 is 0 Å². The number of rotatable bonds is 0. The summed E-state index contributed by atoms with van der Waals surface area (Å²) in [5.74, 6) is 0. The van der Waals surface area contributed by atoms with E-state index in [1.54, 1.807) is 0 Å². The molecule has 0 aromatic heterocycles. The molecule has 0 saturated heterocycles. The Hall–Kier alpha value is 1.33. The molecule has 28 valence electrons. The fourth-order valence-electron chi connectivity index (χ4n) is 0. The Labute approximate surface area is 60.0 Å². The third kappa shape index (κ3) is 33.5. The van der Waals surface area contributed by atoms with Crippen molar-refractivity contribution >= 4 is 0 Å². The third-order valence-electron chi connectivity index (χ3n) is 0. The van der Waals surface area contributed by atoms with Crippen molar-refractivity contribution in [2.24, 2.45) is 0 Å². The van der Waals surface area contributed by atoms with Crippen LogP contribution in [0.5, 0.6) is 0 Å². The molecule has 0 rings (SSSR count). The van der Waals surface area contributed by atoms with Gasteiger partial charge in [-0.25, -0.2) is 0 Å². The van der Waals surface area contributed by atoms with Gasteiger partial charge in [0.2, 0.25) is 0 Å². The minimum Gasteiger partial charge on any atom is 0 e. The van der Waals surface area contributed by atoms with Gasteiger partial charge in [0.1, 0.15) is 0 Å². The minimum atomic E-state index is -2.27. The Morgan fingerprint density at radius 1 is 1.20 bits per heavy atom. The van der Waals surface area contributed by atoms with E-state index in [0.29, 0.717) is 0 Å². The standard InChI is InChI=1S/H2O.2O.2Zr/h1H2;;;;. The van der Waals surface area contributed by atoms with E-state index in [9.17, 15) is 0 Å². The van der Waals surface area contributed by atoms with Crippen molar-refractivity contribution in [2.75, 3.05) is 0 Å². The molecule has 0 bridgehead atoms. The Kier molecular flexibility index (Phi) is 59.8. The molecule has 0 saturated carbocycles. The van der Waals surface area contributed by atoms with Crippen LogP contribution in [-0.2, 0) is 55.1 Å². The molecule has 0 atom stereocenters. The Bertz CT molecular complexity index is 25.9. The van der Waals surface area contributed by atoms with E-state index in [1.807, 2.05) is 0 Å². The maximum atomic E-state index is 8.54. The molecule has 2 N–H and O–H groups in total.